The van der Waals surface area contributed by atoms with E-state index >= 15 is 0 Å². The Morgan fingerprint density at radius 3 is 2.90 bits per heavy atom. The summed E-state index contributed by atoms with van der Waals surface area (Å²) in [6, 6.07) is 10.0. The summed E-state index contributed by atoms with van der Waals surface area (Å²) in [5.74, 6) is 0.324. The summed E-state index contributed by atoms with van der Waals surface area (Å²) in [6.07, 6.45) is 1.05. The van der Waals surface area contributed by atoms with Gasteiger partial charge in [-0.2, -0.15) is 0 Å². The summed E-state index contributed by atoms with van der Waals surface area (Å²) in [4.78, 5) is 11.7. The fourth-order valence-corrected chi connectivity index (χ4v) is 2.52. The van der Waals surface area contributed by atoms with Gasteiger partial charge in [-0.3, -0.25) is 0 Å². The van der Waals surface area contributed by atoms with Crippen LogP contribution in [-0.2, 0) is 9.47 Å². The highest BCUT2D eigenvalue weighted by Gasteiger charge is 2.29. The van der Waals surface area contributed by atoms with E-state index in [9.17, 15) is 4.79 Å². The van der Waals surface area contributed by atoms with Gasteiger partial charge in [0.2, 0.25) is 0 Å². The van der Waals surface area contributed by atoms with Crippen LogP contribution in [0.5, 0.6) is 0 Å². The molecule has 0 saturated carbocycles. The smallest absolute Gasteiger partial charge is 0.314 e. The molecule has 1 aliphatic heterocycles. The van der Waals surface area contributed by atoms with Gasteiger partial charge < -0.3 is 20.1 Å². The number of benzene rings is 1. The van der Waals surface area contributed by atoms with Gasteiger partial charge in [-0.25, -0.2) is 4.79 Å². The molecule has 2 rings (SSSR count). The number of nitrogens with one attached hydrogen (secondary N) is 2. The molecule has 2 N–H and O–H groups in total. The van der Waals surface area contributed by atoms with E-state index < -0.39 is 0 Å². The number of rotatable bonds is 7. The summed E-state index contributed by atoms with van der Waals surface area (Å²) >= 11 is 0. The fourth-order valence-electron chi connectivity index (χ4n) is 2.52. The summed E-state index contributed by atoms with van der Waals surface area (Å²) in [5, 5.41) is 5.70. The van der Waals surface area contributed by atoms with Crippen molar-refractivity contribution in [3.05, 3.63) is 35.9 Å². The molecule has 2 atom stereocenters. The van der Waals surface area contributed by atoms with Gasteiger partial charge in [-0.15, -0.1) is 0 Å². The second-order valence-electron chi connectivity index (χ2n) is 5.08. The predicted molar refractivity (Wildman–Crippen MR) is 81.1 cm³/mol. The van der Waals surface area contributed by atoms with Gasteiger partial charge in [-0.05, 0) is 18.9 Å². The van der Waals surface area contributed by atoms with Crippen molar-refractivity contribution in [3.63, 3.8) is 0 Å². The maximum Gasteiger partial charge on any atom is 0.314 e. The number of hydrogen-bond donors (Lipinski definition) is 2. The third-order valence-electron chi connectivity index (χ3n) is 3.60. The van der Waals surface area contributed by atoms with Gasteiger partial charge in [0, 0.05) is 32.2 Å². The van der Waals surface area contributed by atoms with E-state index in [1.54, 1.807) is 0 Å². The van der Waals surface area contributed by atoms with Crippen LogP contribution in [0.15, 0.2) is 30.3 Å². The Morgan fingerprint density at radius 2 is 2.14 bits per heavy atom. The van der Waals surface area contributed by atoms with Gasteiger partial charge in [-0.1, -0.05) is 30.3 Å². The molecule has 0 bridgehead atoms. The summed E-state index contributed by atoms with van der Waals surface area (Å²) in [7, 11) is 0. The minimum Gasteiger partial charge on any atom is -0.380 e. The highest BCUT2D eigenvalue weighted by molar-refractivity contribution is 5.73. The number of hydrogen-bond acceptors (Lipinski definition) is 3. The van der Waals surface area contributed by atoms with Crippen LogP contribution in [-0.4, -0.2) is 38.9 Å². The first kappa shape index (κ1) is 15.8. The van der Waals surface area contributed by atoms with Gasteiger partial charge in [0.15, 0.2) is 0 Å². The van der Waals surface area contributed by atoms with Gasteiger partial charge >= 0.3 is 6.03 Å². The van der Waals surface area contributed by atoms with E-state index in [0.717, 1.165) is 13.0 Å². The van der Waals surface area contributed by atoms with Crippen molar-refractivity contribution in [1.82, 2.24) is 10.6 Å². The molecule has 2 amide bonds. The van der Waals surface area contributed by atoms with E-state index in [1.165, 1.54) is 5.56 Å². The number of carbonyl (C=O) groups is 1. The first-order chi connectivity index (χ1) is 10.3. The molecule has 1 aliphatic rings. The van der Waals surface area contributed by atoms with Crippen molar-refractivity contribution >= 4 is 6.03 Å². The Bertz CT molecular complexity index is 425. The molecule has 0 aromatic heterocycles. The topological polar surface area (TPSA) is 59.6 Å². The van der Waals surface area contributed by atoms with Crippen molar-refractivity contribution in [1.29, 1.82) is 0 Å². The molecular formula is C16H24N2O3. The number of carbonyl (C=O) groups excluding carboxylic acids is 1. The van der Waals surface area contributed by atoms with E-state index in [0.29, 0.717) is 32.2 Å². The average Bonchev–Trinajstić information content (AvgIpc) is 2.99. The quantitative estimate of drug-likeness (QED) is 0.757. The predicted octanol–water partition coefficient (Wildman–Crippen LogP) is 2.10. The number of urea groups is 1. The zero-order valence-electron chi connectivity index (χ0n) is 12.5. The van der Waals surface area contributed by atoms with Crippen LogP contribution < -0.4 is 10.6 Å². The second-order valence-corrected chi connectivity index (χ2v) is 5.08. The molecule has 1 aromatic carbocycles. The van der Waals surface area contributed by atoms with Crippen LogP contribution in [0.25, 0.3) is 0 Å². The molecule has 21 heavy (non-hydrogen) atoms. The average molecular weight is 292 g/mol. The van der Waals surface area contributed by atoms with Crippen LogP contribution in [0.2, 0.25) is 0 Å². The van der Waals surface area contributed by atoms with Gasteiger partial charge in [0.1, 0.15) is 0 Å². The van der Waals surface area contributed by atoms with Crippen molar-refractivity contribution < 1.29 is 14.3 Å². The van der Waals surface area contributed by atoms with Crippen LogP contribution in [0, 0.1) is 5.92 Å². The van der Waals surface area contributed by atoms with Gasteiger partial charge in [0.05, 0.1) is 12.7 Å². The molecule has 1 saturated heterocycles. The lowest BCUT2D eigenvalue weighted by Gasteiger charge is -2.19. The van der Waals surface area contributed by atoms with Crippen LogP contribution >= 0.6 is 0 Å². The summed E-state index contributed by atoms with van der Waals surface area (Å²) in [6.45, 7) is 5.05. The standard InChI is InChI=1S/C16H24N2O3/c1-2-20-11-9-17-16(19)18-12-14-8-10-21-15(14)13-6-4-3-5-7-13/h3-7,14-15H,2,8-12H2,1H3,(H2,17,18,19)/t14-,15-/m1/s1. The fraction of sp³-hybridized carbons (Fsp3) is 0.562. The summed E-state index contributed by atoms with van der Waals surface area (Å²) < 4.78 is 11.0. The highest BCUT2D eigenvalue weighted by atomic mass is 16.5. The second kappa shape index (κ2) is 8.64. The maximum absolute atomic E-state index is 11.7. The van der Waals surface area contributed by atoms with E-state index in [2.05, 4.69) is 22.8 Å². The monoisotopic (exact) mass is 292 g/mol. The number of amides is 2. The van der Waals surface area contributed by atoms with Crippen LogP contribution in [0.1, 0.15) is 25.0 Å². The molecule has 1 heterocycles. The Balaban J connectivity index is 1.73. The first-order valence-corrected chi connectivity index (χ1v) is 7.57. The highest BCUT2D eigenvalue weighted by Crippen LogP contribution is 2.33. The Kier molecular flexibility index (Phi) is 6.50. The van der Waals surface area contributed by atoms with E-state index in [1.807, 2.05) is 25.1 Å². The third-order valence-corrected chi connectivity index (χ3v) is 3.60. The lowest BCUT2D eigenvalue weighted by Crippen LogP contribution is -2.40. The molecule has 0 radical (unpaired) electrons. The zero-order chi connectivity index (χ0) is 14.9. The lowest BCUT2D eigenvalue weighted by atomic mass is 9.95. The lowest BCUT2D eigenvalue weighted by molar-refractivity contribution is 0.0909. The molecule has 0 spiro atoms. The van der Waals surface area contributed by atoms with Crippen molar-refractivity contribution in [2.24, 2.45) is 5.92 Å². The molecule has 1 fully saturated rings. The van der Waals surface area contributed by atoms with Crippen molar-refractivity contribution in [2.75, 3.05) is 32.9 Å². The normalized spacial score (nSPS) is 21.2. The SMILES string of the molecule is CCOCCNC(=O)NC[C@H]1CCO[C@@H]1c1ccccc1. The Labute approximate surface area is 126 Å². The van der Waals surface area contributed by atoms with E-state index in [4.69, 9.17) is 9.47 Å². The minimum absolute atomic E-state index is 0.0786. The molecular weight excluding hydrogens is 268 g/mol. The molecule has 5 heteroatoms. The minimum atomic E-state index is -0.145. The zero-order valence-corrected chi connectivity index (χ0v) is 12.5. The van der Waals surface area contributed by atoms with Crippen molar-refractivity contribution in [3.8, 4) is 0 Å². The Morgan fingerprint density at radius 1 is 1.33 bits per heavy atom. The molecule has 5 nitrogen and oxygen atoms in total. The van der Waals surface area contributed by atoms with E-state index in [-0.39, 0.29) is 12.1 Å². The maximum atomic E-state index is 11.7. The third kappa shape index (κ3) is 5.02. The number of ether oxygens (including phenoxy) is 2. The molecule has 0 aliphatic carbocycles. The first-order valence-electron chi connectivity index (χ1n) is 7.57. The molecule has 116 valence electrons. The van der Waals surface area contributed by atoms with Crippen LogP contribution in [0.3, 0.4) is 0 Å². The molecule has 1 aromatic rings. The van der Waals surface area contributed by atoms with Gasteiger partial charge in [0.25, 0.3) is 0 Å². The molecule has 0 unspecified atom stereocenters. The van der Waals surface area contributed by atoms with Crippen molar-refractivity contribution in [2.45, 2.75) is 19.4 Å². The Hall–Kier alpha value is -1.59. The summed E-state index contributed by atoms with van der Waals surface area (Å²) in [5.41, 5.74) is 1.18. The van der Waals surface area contributed by atoms with Crippen LogP contribution in [0.4, 0.5) is 4.79 Å². The largest absolute Gasteiger partial charge is 0.380 e.